The van der Waals surface area contributed by atoms with E-state index in [9.17, 15) is 0 Å². The van der Waals surface area contributed by atoms with E-state index in [1.165, 1.54) is 0 Å². The lowest BCUT2D eigenvalue weighted by molar-refractivity contribution is 1.28. The number of anilines is 2. The average Bonchev–Trinajstić information content (AvgIpc) is 2.05. The van der Waals surface area contributed by atoms with Crippen molar-refractivity contribution in [2.24, 2.45) is 0 Å². The van der Waals surface area contributed by atoms with Crippen LogP contribution in [0.5, 0.6) is 0 Å². The molecule has 10 heavy (non-hydrogen) atoms. The zero-order valence-electron chi connectivity index (χ0n) is 5.26. The first-order valence-electron chi connectivity index (χ1n) is 3.01. The van der Waals surface area contributed by atoms with Gasteiger partial charge in [0.2, 0.25) is 0 Å². The van der Waals surface area contributed by atoms with Crippen LogP contribution in [0.4, 0.5) is 11.5 Å². The zero-order valence-corrected chi connectivity index (χ0v) is 5.26. The number of aromatic nitrogens is 1. The van der Waals surface area contributed by atoms with Crippen molar-refractivity contribution in [2.75, 3.05) is 10.6 Å². The minimum Gasteiger partial charge on any atom is -0.357 e. The molecule has 0 aromatic carbocycles. The van der Waals surface area contributed by atoms with Crippen molar-refractivity contribution in [3.63, 3.8) is 0 Å². The highest BCUT2D eigenvalue weighted by molar-refractivity contribution is 5.68. The van der Waals surface area contributed by atoms with Crippen LogP contribution in [0.1, 0.15) is 0 Å². The van der Waals surface area contributed by atoms with Crippen LogP contribution in [-0.4, -0.2) is 4.98 Å². The lowest BCUT2D eigenvalue weighted by Gasteiger charge is -2.11. The van der Waals surface area contributed by atoms with E-state index in [0.29, 0.717) is 0 Å². The molecule has 1 aliphatic heterocycles. The van der Waals surface area contributed by atoms with Crippen molar-refractivity contribution < 1.29 is 0 Å². The Hall–Kier alpha value is -1.51. The fourth-order valence-corrected chi connectivity index (χ4v) is 0.837. The Morgan fingerprint density at radius 1 is 1.30 bits per heavy atom. The molecule has 2 rings (SSSR count). The molecular weight excluding hydrogens is 126 g/mol. The molecule has 1 aromatic heterocycles. The van der Waals surface area contributed by atoms with Gasteiger partial charge < -0.3 is 10.6 Å². The van der Waals surface area contributed by atoms with Crippen LogP contribution in [0.2, 0.25) is 0 Å². The molecule has 0 fully saturated rings. The Labute approximate surface area is 58.8 Å². The van der Waals surface area contributed by atoms with Crippen LogP contribution in [0.15, 0.2) is 24.7 Å². The quantitative estimate of drug-likeness (QED) is 0.556. The first kappa shape index (κ1) is 5.29. The number of pyridine rings is 1. The summed E-state index contributed by atoms with van der Waals surface area (Å²) in [7, 11) is 0. The SMILES string of the molecule is [c]1cnc2c(c1)NC=CN2. The van der Waals surface area contributed by atoms with E-state index in [-0.39, 0.29) is 0 Å². The van der Waals surface area contributed by atoms with E-state index in [2.05, 4.69) is 21.7 Å². The molecule has 2 heterocycles. The molecule has 0 aliphatic carbocycles. The monoisotopic (exact) mass is 132 g/mol. The molecule has 0 saturated heterocycles. The average molecular weight is 132 g/mol. The third-order valence-electron chi connectivity index (χ3n) is 1.29. The maximum Gasteiger partial charge on any atom is 0.153 e. The minimum absolute atomic E-state index is 0.848. The predicted octanol–water partition coefficient (Wildman–Crippen LogP) is 1.19. The van der Waals surface area contributed by atoms with E-state index in [1.54, 1.807) is 12.4 Å². The van der Waals surface area contributed by atoms with Gasteiger partial charge in [-0.15, -0.1) is 0 Å². The van der Waals surface area contributed by atoms with Gasteiger partial charge in [0.15, 0.2) is 5.82 Å². The van der Waals surface area contributed by atoms with Crippen LogP contribution in [0.25, 0.3) is 0 Å². The summed E-state index contributed by atoms with van der Waals surface area (Å²) in [6.45, 7) is 0. The maximum absolute atomic E-state index is 4.04. The Morgan fingerprint density at radius 3 is 3.10 bits per heavy atom. The summed E-state index contributed by atoms with van der Waals surface area (Å²) >= 11 is 0. The summed E-state index contributed by atoms with van der Waals surface area (Å²) in [5.74, 6) is 0.848. The van der Waals surface area contributed by atoms with Gasteiger partial charge in [0.25, 0.3) is 0 Å². The summed E-state index contributed by atoms with van der Waals surface area (Å²) in [6.07, 6.45) is 5.25. The van der Waals surface area contributed by atoms with Gasteiger partial charge in [0.05, 0.1) is 5.69 Å². The standard InChI is InChI=1S/C7H6N3/c1-2-6-7(9-3-1)10-5-4-8-6/h2-5,8H,(H,9,10). The lowest BCUT2D eigenvalue weighted by Crippen LogP contribution is -2.03. The van der Waals surface area contributed by atoms with Gasteiger partial charge >= 0.3 is 0 Å². The first-order valence-corrected chi connectivity index (χ1v) is 3.01. The molecule has 1 aromatic rings. The third-order valence-corrected chi connectivity index (χ3v) is 1.29. The highest BCUT2D eigenvalue weighted by Crippen LogP contribution is 2.19. The van der Waals surface area contributed by atoms with Gasteiger partial charge in [-0.25, -0.2) is 4.98 Å². The number of fused-ring (bicyclic) bond motifs is 1. The van der Waals surface area contributed by atoms with Gasteiger partial charge in [-0.2, -0.15) is 0 Å². The first-order chi connectivity index (χ1) is 4.97. The summed E-state index contributed by atoms with van der Waals surface area (Å²) in [5, 5.41) is 6.01. The van der Waals surface area contributed by atoms with Crippen molar-refractivity contribution in [1.82, 2.24) is 4.98 Å². The predicted molar refractivity (Wildman–Crippen MR) is 39.5 cm³/mol. The third kappa shape index (κ3) is 0.719. The number of rotatable bonds is 0. The molecule has 0 spiro atoms. The fourth-order valence-electron chi connectivity index (χ4n) is 0.837. The van der Waals surface area contributed by atoms with E-state index < -0.39 is 0 Å². The molecule has 0 atom stereocenters. The number of hydrogen-bond acceptors (Lipinski definition) is 3. The Balaban J connectivity index is 2.47. The summed E-state index contributed by atoms with van der Waals surface area (Å²) in [4.78, 5) is 4.04. The maximum atomic E-state index is 4.04. The van der Waals surface area contributed by atoms with Crippen molar-refractivity contribution >= 4 is 11.5 Å². The van der Waals surface area contributed by atoms with E-state index in [1.807, 2.05) is 12.3 Å². The van der Waals surface area contributed by atoms with Crippen LogP contribution < -0.4 is 10.6 Å². The molecule has 1 aliphatic rings. The normalized spacial score (nSPS) is 13.2. The highest BCUT2D eigenvalue weighted by atomic mass is 15.1. The van der Waals surface area contributed by atoms with E-state index >= 15 is 0 Å². The fraction of sp³-hybridized carbons (Fsp3) is 0. The van der Waals surface area contributed by atoms with Crippen molar-refractivity contribution in [3.05, 3.63) is 30.7 Å². The molecule has 0 unspecified atom stereocenters. The molecule has 0 saturated carbocycles. The zero-order chi connectivity index (χ0) is 6.81. The Morgan fingerprint density at radius 2 is 2.20 bits per heavy atom. The lowest BCUT2D eigenvalue weighted by atomic mass is 10.3. The van der Waals surface area contributed by atoms with Crippen molar-refractivity contribution in [2.45, 2.75) is 0 Å². The number of hydrogen-bond donors (Lipinski definition) is 2. The smallest absolute Gasteiger partial charge is 0.153 e. The van der Waals surface area contributed by atoms with Crippen molar-refractivity contribution in [1.29, 1.82) is 0 Å². The second kappa shape index (κ2) is 2.02. The Bertz CT molecular complexity index is 240. The Kier molecular flexibility index (Phi) is 1.07. The minimum atomic E-state index is 0.848. The van der Waals surface area contributed by atoms with Gasteiger partial charge in [-0.05, 0) is 6.07 Å². The topological polar surface area (TPSA) is 37.0 Å². The molecule has 1 radical (unpaired) electrons. The summed E-state index contributed by atoms with van der Waals surface area (Å²) < 4.78 is 0. The molecule has 2 N–H and O–H groups in total. The second-order valence-corrected chi connectivity index (χ2v) is 1.95. The highest BCUT2D eigenvalue weighted by Gasteiger charge is 2.01. The number of nitrogens with one attached hydrogen (secondary N) is 2. The van der Waals surface area contributed by atoms with Crippen LogP contribution in [0, 0.1) is 6.07 Å². The van der Waals surface area contributed by atoms with Crippen molar-refractivity contribution in [3.8, 4) is 0 Å². The number of nitrogens with zero attached hydrogens (tertiary/aromatic N) is 1. The van der Waals surface area contributed by atoms with Gasteiger partial charge in [-0.3, -0.25) is 0 Å². The molecule has 3 nitrogen and oxygen atoms in total. The second-order valence-electron chi connectivity index (χ2n) is 1.95. The van der Waals surface area contributed by atoms with Crippen LogP contribution in [-0.2, 0) is 0 Å². The summed E-state index contributed by atoms with van der Waals surface area (Å²) in [5.41, 5.74) is 0.963. The van der Waals surface area contributed by atoms with Crippen LogP contribution in [0.3, 0.4) is 0 Å². The largest absolute Gasteiger partial charge is 0.357 e. The molecule has 0 bridgehead atoms. The van der Waals surface area contributed by atoms with Crippen LogP contribution >= 0.6 is 0 Å². The molecule has 0 amide bonds. The summed E-state index contributed by atoms with van der Waals surface area (Å²) in [6, 6.07) is 4.72. The van der Waals surface area contributed by atoms with Gasteiger partial charge in [-0.1, -0.05) is 0 Å². The van der Waals surface area contributed by atoms with Gasteiger partial charge in [0.1, 0.15) is 0 Å². The molecule has 49 valence electrons. The molecule has 3 heteroatoms. The van der Waals surface area contributed by atoms with E-state index in [4.69, 9.17) is 0 Å². The van der Waals surface area contributed by atoms with Gasteiger partial charge in [0, 0.05) is 24.7 Å². The van der Waals surface area contributed by atoms with E-state index in [0.717, 1.165) is 11.5 Å². The molecular formula is C7H6N3.